The molecule has 2 aromatic heterocycles. The summed E-state index contributed by atoms with van der Waals surface area (Å²) in [6.45, 7) is 2.03. The lowest BCUT2D eigenvalue weighted by Crippen LogP contribution is -2.34. The Morgan fingerprint density at radius 3 is 2.50 bits per heavy atom. The SMILES string of the molecule is CN1CCCC(CC(C(=O)Nc2nccs2)c2ccc3c(c2)N(C)c2ccccc2S3(=O)=O)C1.Nc1nccs1. The standard InChI is InChI=1S/C25H28N4O3S2.C3H4N2S/c1-28-12-5-6-17(16-28)14-19(24(30)27-25-26-11-13-33-25)18-9-10-23-21(15-18)29(2)20-7-3-4-8-22(20)34(23,31)32;4-3-5-1-2-6-3/h3-4,7-11,13,15,17,19H,5-6,12,14,16H2,1-2H3,(H,26,27,30);1-2H,(H2,4,5). The van der Waals surface area contributed by atoms with Crippen LogP contribution in [0, 0.1) is 5.92 Å². The van der Waals surface area contributed by atoms with Crippen LogP contribution in [0.1, 0.15) is 30.7 Å². The number of rotatable bonds is 5. The maximum absolute atomic E-state index is 13.5. The van der Waals surface area contributed by atoms with E-state index in [2.05, 4.69) is 27.2 Å². The van der Waals surface area contributed by atoms with Crippen LogP contribution >= 0.6 is 22.7 Å². The van der Waals surface area contributed by atoms with Gasteiger partial charge in [-0.3, -0.25) is 4.79 Å². The van der Waals surface area contributed by atoms with E-state index in [1.165, 1.54) is 22.7 Å². The van der Waals surface area contributed by atoms with Crippen LogP contribution < -0.4 is 16.0 Å². The van der Waals surface area contributed by atoms with Crippen LogP contribution in [-0.2, 0) is 14.6 Å². The lowest BCUT2D eigenvalue weighted by atomic mass is 9.84. The average molecular weight is 597 g/mol. The summed E-state index contributed by atoms with van der Waals surface area (Å²) in [5.41, 5.74) is 7.25. The smallest absolute Gasteiger partial charge is 0.233 e. The maximum atomic E-state index is 13.5. The van der Waals surface area contributed by atoms with Crippen LogP contribution in [0.5, 0.6) is 0 Å². The van der Waals surface area contributed by atoms with E-state index in [-0.39, 0.29) is 10.8 Å². The van der Waals surface area contributed by atoms with Gasteiger partial charge in [-0.05, 0) is 68.6 Å². The van der Waals surface area contributed by atoms with E-state index >= 15 is 0 Å². The molecule has 2 unspecified atom stereocenters. The molecule has 0 saturated carbocycles. The van der Waals surface area contributed by atoms with Crippen molar-refractivity contribution in [2.24, 2.45) is 5.92 Å². The van der Waals surface area contributed by atoms with Crippen molar-refractivity contribution < 1.29 is 13.2 Å². The maximum Gasteiger partial charge on any atom is 0.233 e. The summed E-state index contributed by atoms with van der Waals surface area (Å²) < 4.78 is 26.6. The van der Waals surface area contributed by atoms with E-state index in [4.69, 9.17) is 5.73 Å². The number of thiazole rings is 2. The third kappa shape index (κ3) is 6.04. The predicted octanol–water partition coefficient (Wildman–Crippen LogP) is 5.24. The number of likely N-dealkylation sites (tertiary alicyclic amines) is 1. The van der Waals surface area contributed by atoms with Gasteiger partial charge in [-0.2, -0.15) is 0 Å². The molecular formula is C28H32N6O3S3. The predicted molar refractivity (Wildman–Crippen MR) is 161 cm³/mol. The summed E-state index contributed by atoms with van der Waals surface area (Å²) in [7, 11) is 0.360. The molecule has 1 amide bonds. The highest BCUT2D eigenvalue weighted by Gasteiger charge is 2.34. The molecule has 2 atom stereocenters. The Morgan fingerprint density at radius 1 is 1.07 bits per heavy atom. The second kappa shape index (κ2) is 12.0. The zero-order valence-electron chi connectivity index (χ0n) is 22.4. The van der Waals surface area contributed by atoms with Crippen molar-refractivity contribution in [1.29, 1.82) is 0 Å². The van der Waals surface area contributed by atoms with Gasteiger partial charge in [0.2, 0.25) is 15.7 Å². The molecule has 0 aliphatic carbocycles. The summed E-state index contributed by atoms with van der Waals surface area (Å²) in [6, 6.07) is 12.4. The summed E-state index contributed by atoms with van der Waals surface area (Å²) in [6.07, 6.45) is 6.25. The highest BCUT2D eigenvalue weighted by Crippen LogP contribution is 2.44. The van der Waals surface area contributed by atoms with Gasteiger partial charge >= 0.3 is 0 Å². The summed E-state index contributed by atoms with van der Waals surface area (Å²) in [5.74, 6) is -0.118. The molecule has 210 valence electrons. The van der Waals surface area contributed by atoms with E-state index in [1.54, 1.807) is 36.7 Å². The van der Waals surface area contributed by atoms with Crippen molar-refractivity contribution in [3.05, 3.63) is 71.2 Å². The second-order valence-electron chi connectivity index (χ2n) is 10.0. The monoisotopic (exact) mass is 596 g/mol. The molecular weight excluding hydrogens is 565 g/mol. The highest BCUT2D eigenvalue weighted by molar-refractivity contribution is 7.92. The normalized spacial score (nSPS) is 18.6. The van der Waals surface area contributed by atoms with E-state index < -0.39 is 15.8 Å². The number of nitrogen functional groups attached to an aromatic ring is 1. The molecule has 40 heavy (non-hydrogen) atoms. The van der Waals surface area contributed by atoms with Gasteiger partial charge < -0.3 is 20.9 Å². The topological polar surface area (TPSA) is 122 Å². The molecule has 4 heterocycles. The van der Waals surface area contributed by atoms with Crippen molar-refractivity contribution in [3.63, 3.8) is 0 Å². The van der Waals surface area contributed by atoms with Crippen molar-refractivity contribution in [2.45, 2.75) is 35.0 Å². The fourth-order valence-corrected chi connectivity index (χ4v) is 7.96. The van der Waals surface area contributed by atoms with Gasteiger partial charge in [0, 0.05) is 36.7 Å². The number of hydrogen-bond donors (Lipinski definition) is 2. The lowest BCUT2D eigenvalue weighted by molar-refractivity contribution is -0.118. The fraction of sp³-hybridized carbons (Fsp3) is 0.321. The minimum Gasteiger partial charge on any atom is -0.375 e. The molecule has 0 bridgehead atoms. The molecule has 3 N–H and O–H groups in total. The average Bonchev–Trinajstić information content (AvgIpc) is 3.65. The summed E-state index contributed by atoms with van der Waals surface area (Å²) in [4.78, 5) is 26.2. The van der Waals surface area contributed by atoms with Crippen LogP contribution in [-0.4, -0.2) is 56.4 Å². The summed E-state index contributed by atoms with van der Waals surface area (Å²) >= 11 is 2.83. The third-order valence-electron chi connectivity index (χ3n) is 7.27. The molecule has 2 aliphatic heterocycles. The van der Waals surface area contributed by atoms with E-state index in [0.29, 0.717) is 38.9 Å². The molecule has 0 radical (unpaired) electrons. The number of nitrogens with one attached hydrogen (secondary N) is 1. The first-order valence-electron chi connectivity index (χ1n) is 13.0. The Kier molecular flexibility index (Phi) is 8.50. The van der Waals surface area contributed by atoms with Crippen molar-refractivity contribution >= 4 is 60.1 Å². The molecule has 6 rings (SSSR count). The second-order valence-corrected chi connectivity index (χ2v) is 13.7. The van der Waals surface area contributed by atoms with E-state index in [1.807, 2.05) is 40.9 Å². The first-order valence-corrected chi connectivity index (χ1v) is 16.2. The van der Waals surface area contributed by atoms with E-state index in [0.717, 1.165) is 31.5 Å². The zero-order valence-corrected chi connectivity index (χ0v) is 24.8. The molecule has 0 spiro atoms. The Hall–Kier alpha value is -3.32. The number of para-hydroxylation sites is 1. The Balaban J connectivity index is 0.000000477. The number of nitrogens with zero attached hydrogens (tertiary/aromatic N) is 4. The Bertz CT molecular complexity index is 1560. The van der Waals surface area contributed by atoms with Gasteiger partial charge in [0.25, 0.3) is 0 Å². The number of hydrogen-bond acceptors (Lipinski definition) is 10. The number of piperidine rings is 1. The molecule has 1 saturated heterocycles. The highest BCUT2D eigenvalue weighted by atomic mass is 32.2. The number of carbonyl (C=O) groups is 1. The first-order chi connectivity index (χ1) is 19.2. The summed E-state index contributed by atoms with van der Waals surface area (Å²) in [5, 5.41) is 7.85. The quantitative estimate of drug-likeness (QED) is 0.321. The number of carbonyl (C=O) groups excluding carboxylic acids is 1. The first kappa shape index (κ1) is 28.2. The number of amides is 1. The molecule has 9 nitrogen and oxygen atoms in total. The van der Waals surface area contributed by atoms with E-state index in [9.17, 15) is 13.2 Å². The molecule has 1 fully saturated rings. The minimum atomic E-state index is -3.63. The molecule has 2 aliphatic rings. The van der Waals surface area contributed by atoms with Crippen molar-refractivity contribution in [2.75, 3.05) is 43.1 Å². The van der Waals surface area contributed by atoms with Crippen molar-refractivity contribution in [3.8, 4) is 0 Å². The van der Waals surface area contributed by atoms with Gasteiger partial charge in [0.1, 0.15) is 0 Å². The van der Waals surface area contributed by atoms with Gasteiger partial charge in [-0.1, -0.05) is 18.2 Å². The van der Waals surface area contributed by atoms with Gasteiger partial charge in [0.05, 0.1) is 27.1 Å². The van der Waals surface area contributed by atoms with Crippen molar-refractivity contribution in [1.82, 2.24) is 14.9 Å². The number of nitrogens with two attached hydrogens (primary N) is 1. The van der Waals surface area contributed by atoms with Gasteiger partial charge in [0.15, 0.2) is 10.3 Å². The lowest BCUT2D eigenvalue weighted by Gasteiger charge is -2.33. The van der Waals surface area contributed by atoms with Crippen LogP contribution in [0.3, 0.4) is 0 Å². The number of aromatic nitrogens is 2. The Labute approximate surface area is 242 Å². The van der Waals surface area contributed by atoms with Crippen LogP contribution in [0.4, 0.5) is 21.6 Å². The minimum absolute atomic E-state index is 0.107. The molecule has 12 heteroatoms. The van der Waals surface area contributed by atoms with Crippen LogP contribution in [0.25, 0.3) is 0 Å². The van der Waals surface area contributed by atoms with Gasteiger partial charge in [-0.25, -0.2) is 18.4 Å². The number of anilines is 4. The fourth-order valence-electron chi connectivity index (χ4n) is 5.36. The number of sulfone groups is 1. The third-order valence-corrected chi connectivity index (χ3v) is 10.4. The molecule has 2 aromatic carbocycles. The number of benzene rings is 2. The Morgan fingerprint density at radius 2 is 1.82 bits per heavy atom. The zero-order chi connectivity index (χ0) is 28.3. The largest absolute Gasteiger partial charge is 0.375 e. The van der Waals surface area contributed by atoms with Gasteiger partial charge in [-0.15, -0.1) is 22.7 Å². The molecule has 4 aromatic rings. The van der Waals surface area contributed by atoms with Crippen LogP contribution in [0.15, 0.2) is 75.4 Å². The van der Waals surface area contributed by atoms with Crippen LogP contribution in [0.2, 0.25) is 0 Å². The number of fused-ring (bicyclic) bond motifs is 2.